The van der Waals surface area contributed by atoms with Crippen molar-refractivity contribution < 1.29 is 0 Å². The van der Waals surface area contributed by atoms with Crippen LogP contribution in [0.15, 0.2) is 36.5 Å². The highest BCUT2D eigenvalue weighted by Crippen LogP contribution is 2.16. The highest BCUT2D eigenvalue weighted by molar-refractivity contribution is 5.25. The molecule has 1 aliphatic rings. The van der Waals surface area contributed by atoms with Gasteiger partial charge in [-0.05, 0) is 26.7 Å². The zero-order valence-electron chi connectivity index (χ0n) is 6.98. The molecule has 0 aliphatic heterocycles. The average Bonchev–Trinajstić information content (AvgIpc) is 2.00. The van der Waals surface area contributed by atoms with Gasteiger partial charge in [0.2, 0.25) is 0 Å². The fraction of sp³-hybridized carbons (Fsp3) is 0.400. The van der Waals surface area contributed by atoms with Gasteiger partial charge >= 0.3 is 0 Å². The lowest BCUT2D eigenvalue weighted by Crippen LogP contribution is -1.85. The normalized spacial score (nSPS) is 16.2. The quantitative estimate of drug-likeness (QED) is 0.447. The molecule has 0 aromatic heterocycles. The minimum Gasteiger partial charge on any atom is -0.106 e. The Bertz CT molecular complexity index is 149. The van der Waals surface area contributed by atoms with Crippen molar-refractivity contribution in [2.45, 2.75) is 26.7 Å². The average molecular weight is 136 g/mol. The van der Waals surface area contributed by atoms with Crippen molar-refractivity contribution in [2.24, 2.45) is 0 Å². The van der Waals surface area contributed by atoms with Crippen molar-refractivity contribution in [1.29, 1.82) is 0 Å². The van der Waals surface area contributed by atoms with Crippen LogP contribution in [0.25, 0.3) is 0 Å². The van der Waals surface area contributed by atoms with E-state index in [2.05, 4.69) is 39.2 Å². The first kappa shape index (κ1) is 9.22. The van der Waals surface area contributed by atoms with Crippen molar-refractivity contribution in [3.8, 4) is 0 Å². The monoisotopic (exact) mass is 136 g/mol. The van der Waals surface area contributed by atoms with Crippen molar-refractivity contribution in [3.63, 3.8) is 0 Å². The standard InChI is InChI=1S/C8H12.C2H4/c1-7-5-3-4-6-8(7)2;1-2/h3,5H,4,6H2,1-2H3;1-2H2. The van der Waals surface area contributed by atoms with Crippen LogP contribution in [0, 0.1) is 0 Å². The Labute approximate surface area is 64.0 Å². The lowest BCUT2D eigenvalue weighted by atomic mass is 10.0. The Hall–Kier alpha value is -0.780. The van der Waals surface area contributed by atoms with E-state index >= 15 is 0 Å². The number of hydrogen-bond acceptors (Lipinski definition) is 0. The van der Waals surface area contributed by atoms with Crippen LogP contribution in [0.5, 0.6) is 0 Å². The van der Waals surface area contributed by atoms with Gasteiger partial charge in [0.05, 0.1) is 0 Å². The molecule has 0 bridgehead atoms. The molecule has 0 saturated heterocycles. The highest BCUT2D eigenvalue weighted by atomic mass is 14.0. The smallest absolute Gasteiger partial charge is 0.0282 e. The second kappa shape index (κ2) is 5.04. The van der Waals surface area contributed by atoms with Gasteiger partial charge in [0, 0.05) is 0 Å². The van der Waals surface area contributed by atoms with Crippen molar-refractivity contribution in [3.05, 3.63) is 36.5 Å². The van der Waals surface area contributed by atoms with Crippen LogP contribution in [0.3, 0.4) is 0 Å². The first-order chi connectivity index (χ1) is 4.80. The van der Waals surface area contributed by atoms with E-state index in [-0.39, 0.29) is 0 Å². The molecule has 56 valence electrons. The Morgan fingerprint density at radius 1 is 1.30 bits per heavy atom. The van der Waals surface area contributed by atoms with Crippen LogP contribution in [0.1, 0.15) is 26.7 Å². The second-order valence-corrected chi connectivity index (χ2v) is 2.40. The van der Waals surface area contributed by atoms with E-state index in [1.165, 1.54) is 18.4 Å². The largest absolute Gasteiger partial charge is 0.106 e. The van der Waals surface area contributed by atoms with Crippen molar-refractivity contribution >= 4 is 0 Å². The molecule has 0 spiro atoms. The van der Waals surface area contributed by atoms with Crippen LogP contribution in [0.2, 0.25) is 0 Å². The third-order valence-corrected chi connectivity index (χ3v) is 1.73. The Morgan fingerprint density at radius 2 is 1.90 bits per heavy atom. The van der Waals surface area contributed by atoms with Gasteiger partial charge in [0.15, 0.2) is 0 Å². The summed E-state index contributed by atoms with van der Waals surface area (Å²) in [5, 5.41) is 0. The summed E-state index contributed by atoms with van der Waals surface area (Å²) in [6.45, 7) is 10.4. The number of hydrogen-bond donors (Lipinski definition) is 0. The summed E-state index contributed by atoms with van der Waals surface area (Å²) in [5.74, 6) is 0. The molecule has 0 unspecified atom stereocenters. The highest BCUT2D eigenvalue weighted by Gasteiger charge is 1.96. The maximum absolute atomic E-state index is 3.00. The van der Waals surface area contributed by atoms with Gasteiger partial charge in [-0.1, -0.05) is 23.3 Å². The molecular weight excluding hydrogens is 120 g/mol. The summed E-state index contributed by atoms with van der Waals surface area (Å²) in [6, 6.07) is 0. The third kappa shape index (κ3) is 2.67. The molecular formula is C10H16. The van der Waals surface area contributed by atoms with Gasteiger partial charge in [-0.2, -0.15) is 0 Å². The summed E-state index contributed by atoms with van der Waals surface area (Å²) >= 11 is 0. The fourth-order valence-corrected chi connectivity index (χ4v) is 0.899. The zero-order valence-corrected chi connectivity index (χ0v) is 6.98. The van der Waals surface area contributed by atoms with E-state index in [1.54, 1.807) is 5.57 Å². The summed E-state index contributed by atoms with van der Waals surface area (Å²) in [6.07, 6.45) is 6.95. The Kier molecular flexibility index (Phi) is 4.65. The van der Waals surface area contributed by atoms with Gasteiger partial charge < -0.3 is 0 Å². The zero-order chi connectivity index (χ0) is 7.98. The van der Waals surface area contributed by atoms with Crippen molar-refractivity contribution in [1.82, 2.24) is 0 Å². The predicted octanol–water partition coefficient (Wildman–Crippen LogP) is 3.48. The minimum absolute atomic E-state index is 1.24. The van der Waals surface area contributed by atoms with Gasteiger partial charge in [0.25, 0.3) is 0 Å². The van der Waals surface area contributed by atoms with Gasteiger partial charge in [0.1, 0.15) is 0 Å². The van der Waals surface area contributed by atoms with Crippen molar-refractivity contribution in [2.75, 3.05) is 0 Å². The van der Waals surface area contributed by atoms with E-state index < -0.39 is 0 Å². The van der Waals surface area contributed by atoms with Crippen LogP contribution >= 0.6 is 0 Å². The molecule has 0 nitrogen and oxygen atoms in total. The van der Waals surface area contributed by atoms with E-state index in [0.29, 0.717) is 0 Å². The maximum Gasteiger partial charge on any atom is -0.0282 e. The SMILES string of the molecule is C=C.CC1=C(C)CCC=C1. The topological polar surface area (TPSA) is 0 Å². The van der Waals surface area contributed by atoms with Crippen LogP contribution < -0.4 is 0 Å². The second-order valence-electron chi connectivity index (χ2n) is 2.40. The molecule has 0 aromatic rings. The van der Waals surface area contributed by atoms with Crippen LogP contribution in [-0.4, -0.2) is 0 Å². The lowest BCUT2D eigenvalue weighted by molar-refractivity contribution is 0.939. The maximum atomic E-state index is 3.00. The van der Waals surface area contributed by atoms with Gasteiger partial charge in [-0.25, -0.2) is 0 Å². The lowest BCUT2D eigenvalue weighted by Gasteiger charge is -2.06. The molecule has 0 heteroatoms. The summed E-state index contributed by atoms with van der Waals surface area (Å²) in [4.78, 5) is 0. The molecule has 0 amide bonds. The molecule has 0 aromatic carbocycles. The minimum atomic E-state index is 1.24. The third-order valence-electron chi connectivity index (χ3n) is 1.73. The Morgan fingerprint density at radius 3 is 2.20 bits per heavy atom. The molecule has 0 atom stereocenters. The molecule has 1 rings (SSSR count). The summed E-state index contributed by atoms with van der Waals surface area (Å²) in [5.41, 5.74) is 3.00. The molecule has 0 saturated carbocycles. The first-order valence-electron chi connectivity index (χ1n) is 3.63. The van der Waals surface area contributed by atoms with E-state index in [1.807, 2.05) is 0 Å². The molecule has 10 heavy (non-hydrogen) atoms. The van der Waals surface area contributed by atoms with Gasteiger partial charge in [-0.3, -0.25) is 0 Å². The fourth-order valence-electron chi connectivity index (χ4n) is 0.899. The van der Waals surface area contributed by atoms with Crippen LogP contribution in [-0.2, 0) is 0 Å². The van der Waals surface area contributed by atoms with Crippen LogP contribution in [0.4, 0.5) is 0 Å². The van der Waals surface area contributed by atoms with E-state index in [9.17, 15) is 0 Å². The van der Waals surface area contributed by atoms with E-state index in [0.717, 1.165) is 0 Å². The molecule has 1 aliphatic carbocycles. The molecule has 0 fully saturated rings. The molecule has 0 N–H and O–H groups in total. The number of allylic oxidation sites excluding steroid dienone is 4. The van der Waals surface area contributed by atoms with Gasteiger partial charge in [-0.15, -0.1) is 13.2 Å². The van der Waals surface area contributed by atoms with E-state index in [4.69, 9.17) is 0 Å². The molecule has 0 heterocycles. The predicted molar refractivity (Wildman–Crippen MR) is 48.0 cm³/mol. The first-order valence-corrected chi connectivity index (χ1v) is 3.63. The number of rotatable bonds is 0. The molecule has 0 radical (unpaired) electrons. The summed E-state index contributed by atoms with van der Waals surface area (Å²) < 4.78 is 0. The summed E-state index contributed by atoms with van der Waals surface area (Å²) in [7, 11) is 0. The Balaban J connectivity index is 0.000000371.